The van der Waals surface area contributed by atoms with Crippen LogP contribution in [0.3, 0.4) is 0 Å². The lowest BCUT2D eigenvalue weighted by Gasteiger charge is -2.26. The summed E-state index contributed by atoms with van der Waals surface area (Å²) in [4.78, 5) is 17.8. The molecule has 4 nitrogen and oxygen atoms in total. The number of aromatic nitrogens is 1. The van der Waals surface area contributed by atoms with Crippen LogP contribution in [0, 0.1) is 5.82 Å². The van der Waals surface area contributed by atoms with E-state index in [0.29, 0.717) is 31.0 Å². The highest BCUT2D eigenvalue weighted by atomic mass is 19.1. The van der Waals surface area contributed by atoms with Gasteiger partial charge in [0.15, 0.2) is 0 Å². The zero-order chi connectivity index (χ0) is 18.8. The molecule has 0 fully saturated rings. The normalized spacial score (nSPS) is 14.3. The summed E-state index contributed by atoms with van der Waals surface area (Å²) in [5, 5.41) is 1.01. The Morgan fingerprint density at radius 2 is 2.15 bits per heavy atom. The Balaban J connectivity index is 1.52. The molecule has 1 amide bonds. The number of ether oxygens (including phenoxy) is 1. The fourth-order valence-corrected chi connectivity index (χ4v) is 3.53. The molecule has 1 aliphatic heterocycles. The van der Waals surface area contributed by atoms with Gasteiger partial charge in [0, 0.05) is 41.3 Å². The summed E-state index contributed by atoms with van der Waals surface area (Å²) >= 11 is 0. The van der Waals surface area contributed by atoms with Gasteiger partial charge in [0.25, 0.3) is 5.91 Å². The summed E-state index contributed by atoms with van der Waals surface area (Å²) in [5.74, 6) is 0.468. The number of halogens is 1. The molecule has 2 heterocycles. The van der Waals surface area contributed by atoms with E-state index in [0.717, 1.165) is 22.9 Å². The van der Waals surface area contributed by atoms with Crippen molar-refractivity contribution in [1.82, 2.24) is 9.88 Å². The molecule has 2 aromatic carbocycles. The highest BCUT2D eigenvalue weighted by Crippen LogP contribution is 2.30. The van der Waals surface area contributed by atoms with Crippen LogP contribution in [0.15, 0.2) is 54.7 Å². The van der Waals surface area contributed by atoms with Crippen LogP contribution in [0.2, 0.25) is 0 Å². The molecule has 3 aromatic rings. The van der Waals surface area contributed by atoms with Gasteiger partial charge in [0.05, 0.1) is 6.61 Å². The number of fused-ring (bicyclic) bond motifs is 1. The first-order valence-corrected chi connectivity index (χ1v) is 9.14. The molecule has 0 radical (unpaired) electrons. The monoisotopic (exact) mass is 364 g/mol. The fourth-order valence-electron chi connectivity index (χ4n) is 3.53. The van der Waals surface area contributed by atoms with Gasteiger partial charge in [-0.1, -0.05) is 12.1 Å². The Kier molecular flexibility index (Phi) is 4.67. The van der Waals surface area contributed by atoms with Crippen molar-refractivity contribution in [3.05, 3.63) is 71.7 Å². The van der Waals surface area contributed by atoms with E-state index in [2.05, 4.69) is 11.1 Å². The quantitative estimate of drug-likeness (QED) is 0.733. The summed E-state index contributed by atoms with van der Waals surface area (Å²) in [6.45, 7) is 3.70. The van der Waals surface area contributed by atoms with Crippen LogP contribution in [-0.4, -0.2) is 35.5 Å². The van der Waals surface area contributed by atoms with Gasteiger partial charge in [-0.2, -0.15) is 0 Å². The number of aromatic amines is 1. The first-order chi connectivity index (χ1) is 13.2. The molecule has 138 valence electrons. The van der Waals surface area contributed by atoms with Crippen molar-refractivity contribution < 1.29 is 13.9 Å². The molecule has 0 unspecified atom stereocenters. The smallest absolute Gasteiger partial charge is 0.254 e. The van der Waals surface area contributed by atoms with Crippen LogP contribution in [0.5, 0.6) is 5.75 Å². The lowest BCUT2D eigenvalue weighted by molar-refractivity contribution is 0.0772. The zero-order valence-corrected chi connectivity index (χ0v) is 15.2. The average molecular weight is 364 g/mol. The van der Waals surface area contributed by atoms with E-state index in [9.17, 15) is 9.18 Å². The molecule has 0 aliphatic carbocycles. The second-order valence-corrected chi connectivity index (χ2v) is 6.58. The van der Waals surface area contributed by atoms with E-state index in [-0.39, 0.29) is 11.7 Å². The van der Waals surface area contributed by atoms with E-state index in [1.165, 1.54) is 17.7 Å². The van der Waals surface area contributed by atoms with Crippen molar-refractivity contribution in [2.45, 2.75) is 13.3 Å². The number of H-pyrrole nitrogens is 1. The van der Waals surface area contributed by atoms with Crippen LogP contribution in [0.25, 0.3) is 16.5 Å². The first-order valence-electron chi connectivity index (χ1n) is 9.14. The Labute approximate surface area is 157 Å². The van der Waals surface area contributed by atoms with Gasteiger partial charge >= 0.3 is 0 Å². The maximum Gasteiger partial charge on any atom is 0.254 e. The van der Waals surface area contributed by atoms with Crippen LogP contribution >= 0.6 is 0 Å². The van der Waals surface area contributed by atoms with Gasteiger partial charge in [0.2, 0.25) is 0 Å². The number of rotatable bonds is 4. The minimum absolute atomic E-state index is 0.00727. The molecule has 0 bridgehead atoms. The number of carbonyl (C=O) groups is 1. The first kappa shape index (κ1) is 17.3. The second-order valence-electron chi connectivity index (χ2n) is 6.58. The summed E-state index contributed by atoms with van der Waals surface area (Å²) in [5.41, 5.74) is 3.69. The molecule has 1 aliphatic rings. The van der Waals surface area contributed by atoms with Gasteiger partial charge in [-0.05, 0) is 55.3 Å². The van der Waals surface area contributed by atoms with Gasteiger partial charge in [-0.25, -0.2) is 4.39 Å². The third-order valence-corrected chi connectivity index (χ3v) is 4.88. The fraction of sp³-hybridized carbons (Fsp3) is 0.227. The summed E-state index contributed by atoms with van der Waals surface area (Å²) in [7, 11) is 0. The molecule has 1 aromatic heterocycles. The SMILES string of the molecule is CCOc1cccc(C(=O)N2CC=C(c3c[nH]c4cc(F)ccc34)CC2)c1. The predicted molar refractivity (Wildman–Crippen MR) is 104 cm³/mol. The van der Waals surface area contributed by atoms with Crippen molar-refractivity contribution in [1.29, 1.82) is 0 Å². The van der Waals surface area contributed by atoms with E-state index in [1.54, 1.807) is 12.1 Å². The minimum atomic E-state index is -0.250. The molecular weight excluding hydrogens is 343 g/mol. The lowest BCUT2D eigenvalue weighted by Crippen LogP contribution is -2.34. The van der Waals surface area contributed by atoms with E-state index in [4.69, 9.17) is 4.74 Å². The highest BCUT2D eigenvalue weighted by Gasteiger charge is 2.21. The summed E-state index contributed by atoms with van der Waals surface area (Å²) in [6, 6.07) is 12.1. The zero-order valence-electron chi connectivity index (χ0n) is 15.2. The van der Waals surface area contributed by atoms with E-state index >= 15 is 0 Å². The van der Waals surface area contributed by atoms with Crippen molar-refractivity contribution in [2.24, 2.45) is 0 Å². The molecule has 0 atom stereocenters. The van der Waals surface area contributed by atoms with Gasteiger partial charge in [-0.3, -0.25) is 4.79 Å². The maximum absolute atomic E-state index is 13.4. The number of nitrogens with zero attached hydrogens (tertiary/aromatic N) is 1. The van der Waals surface area contributed by atoms with E-state index < -0.39 is 0 Å². The Morgan fingerprint density at radius 1 is 1.26 bits per heavy atom. The molecule has 1 N–H and O–H groups in total. The Morgan fingerprint density at radius 3 is 2.93 bits per heavy atom. The van der Waals surface area contributed by atoms with Crippen molar-refractivity contribution in [3.8, 4) is 5.75 Å². The molecule has 5 heteroatoms. The molecule has 0 saturated heterocycles. The molecular formula is C22H21FN2O2. The van der Waals surface area contributed by atoms with Gasteiger partial charge < -0.3 is 14.6 Å². The highest BCUT2D eigenvalue weighted by molar-refractivity contribution is 5.96. The summed E-state index contributed by atoms with van der Waals surface area (Å²) < 4.78 is 18.9. The summed E-state index contributed by atoms with van der Waals surface area (Å²) in [6.07, 6.45) is 4.76. The number of hydrogen-bond acceptors (Lipinski definition) is 2. The predicted octanol–water partition coefficient (Wildman–Crippen LogP) is 4.64. The number of carbonyl (C=O) groups excluding carboxylic acids is 1. The van der Waals surface area contributed by atoms with Crippen molar-refractivity contribution in [2.75, 3.05) is 19.7 Å². The third kappa shape index (κ3) is 3.45. The van der Waals surface area contributed by atoms with Crippen LogP contribution < -0.4 is 4.74 Å². The standard InChI is InChI=1S/C22H21FN2O2/c1-2-27-18-5-3-4-16(12-18)22(26)25-10-8-15(9-11-25)20-14-24-21-13-17(23)6-7-19(20)21/h3-8,12-14,24H,2,9-11H2,1H3. The van der Waals surface area contributed by atoms with Crippen LogP contribution in [0.4, 0.5) is 4.39 Å². The number of amides is 1. The van der Waals surface area contributed by atoms with Crippen LogP contribution in [-0.2, 0) is 0 Å². The maximum atomic E-state index is 13.4. The molecule has 0 saturated carbocycles. The largest absolute Gasteiger partial charge is 0.494 e. The topological polar surface area (TPSA) is 45.3 Å². The number of hydrogen-bond donors (Lipinski definition) is 1. The van der Waals surface area contributed by atoms with Crippen molar-refractivity contribution in [3.63, 3.8) is 0 Å². The van der Waals surface area contributed by atoms with E-state index in [1.807, 2.05) is 36.2 Å². The number of benzene rings is 2. The minimum Gasteiger partial charge on any atom is -0.494 e. The lowest BCUT2D eigenvalue weighted by atomic mass is 9.98. The van der Waals surface area contributed by atoms with Gasteiger partial charge in [-0.15, -0.1) is 0 Å². The molecule has 4 rings (SSSR count). The Hall–Kier alpha value is -3.08. The average Bonchev–Trinajstić information content (AvgIpc) is 3.11. The second kappa shape index (κ2) is 7.27. The van der Waals surface area contributed by atoms with Crippen LogP contribution in [0.1, 0.15) is 29.3 Å². The third-order valence-electron chi connectivity index (χ3n) is 4.88. The van der Waals surface area contributed by atoms with Crippen molar-refractivity contribution >= 4 is 22.4 Å². The molecule has 27 heavy (non-hydrogen) atoms. The number of nitrogens with one attached hydrogen (secondary N) is 1. The molecule has 0 spiro atoms. The van der Waals surface area contributed by atoms with Gasteiger partial charge in [0.1, 0.15) is 11.6 Å². The Bertz CT molecular complexity index is 1020.